The molecule has 0 saturated heterocycles. The molecule has 0 aromatic heterocycles. The highest BCUT2D eigenvalue weighted by Gasteiger charge is 2.25. The number of fused-ring (bicyclic) bond motifs is 1. The fourth-order valence-electron chi connectivity index (χ4n) is 2.29. The lowest BCUT2D eigenvalue weighted by atomic mass is 10.1. The molecule has 0 unspecified atom stereocenters. The van der Waals surface area contributed by atoms with Crippen molar-refractivity contribution in [2.45, 2.75) is 6.17 Å². The van der Waals surface area contributed by atoms with E-state index in [1.807, 2.05) is 12.1 Å². The van der Waals surface area contributed by atoms with Crippen LogP contribution in [-0.4, -0.2) is 18.1 Å². The molecule has 0 spiro atoms. The summed E-state index contributed by atoms with van der Waals surface area (Å²) in [5, 5.41) is 16.0. The predicted octanol–water partition coefficient (Wildman–Crippen LogP) is 2.91. The van der Waals surface area contributed by atoms with E-state index in [2.05, 4.69) is 10.6 Å². The van der Waals surface area contributed by atoms with Crippen molar-refractivity contribution in [1.29, 1.82) is 0 Å². The molecular formula is C15H13ClN2O3. The first-order chi connectivity index (χ1) is 10.1. The van der Waals surface area contributed by atoms with Crippen LogP contribution < -0.4 is 15.4 Å². The van der Waals surface area contributed by atoms with E-state index >= 15 is 0 Å². The second-order valence-electron chi connectivity index (χ2n) is 4.65. The average Bonchev–Trinajstić information content (AvgIpc) is 2.50. The monoisotopic (exact) mass is 304 g/mol. The van der Waals surface area contributed by atoms with Crippen molar-refractivity contribution >= 4 is 23.2 Å². The number of halogens is 1. The van der Waals surface area contributed by atoms with Crippen molar-refractivity contribution in [1.82, 2.24) is 5.32 Å². The zero-order valence-corrected chi connectivity index (χ0v) is 11.9. The van der Waals surface area contributed by atoms with Crippen molar-refractivity contribution in [3.05, 3.63) is 52.5 Å². The third kappa shape index (κ3) is 2.36. The number of methoxy groups -OCH3 is 1. The average molecular weight is 305 g/mol. The number of hydrogen-bond acceptors (Lipinski definition) is 4. The van der Waals surface area contributed by atoms with Crippen molar-refractivity contribution in [3.8, 4) is 11.5 Å². The minimum atomic E-state index is -0.445. The standard InChI is InChI=1S/C15H13ClN2O3/c1-21-12-7-8(6-10(16)13(12)19)14-17-11-5-3-2-4-9(11)15(20)18-14/h2-7,14,17,19H,1H3,(H,18,20)/t14-/m0/s1. The zero-order chi connectivity index (χ0) is 15.0. The third-order valence-electron chi connectivity index (χ3n) is 3.35. The number of carbonyl (C=O) groups is 1. The van der Waals surface area contributed by atoms with Gasteiger partial charge in [-0.2, -0.15) is 0 Å². The van der Waals surface area contributed by atoms with Crippen LogP contribution in [0.4, 0.5) is 5.69 Å². The number of amides is 1. The van der Waals surface area contributed by atoms with Gasteiger partial charge in [0.05, 0.1) is 17.7 Å². The number of rotatable bonds is 2. The zero-order valence-electron chi connectivity index (χ0n) is 11.2. The number of anilines is 1. The van der Waals surface area contributed by atoms with Crippen LogP contribution in [0.25, 0.3) is 0 Å². The van der Waals surface area contributed by atoms with E-state index in [1.54, 1.807) is 24.3 Å². The van der Waals surface area contributed by atoms with E-state index in [0.717, 1.165) is 5.69 Å². The number of nitrogens with one attached hydrogen (secondary N) is 2. The van der Waals surface area contributed by atoms with Crippen molar-refractivity contribution in [2.75, 3.05) is 12.4 Å². The molecule has 0 bridgehead atoms. The fraction of sp³-hybridized carbons (Fsp3) is 0.133. The molecule has 0 radical (unpaired) electrons. The molecule has 3 N–H and O–H groups in total. The highest BCUT2D eigenvalue weighted by Crippen LogP contribution is 2.37. The second kappa shape index (κ2) is 5.18. The highest BCUT2D eigenvalue weighted by molar-refractivity contribution is 6.32. The lowest BCUT2D eigenvalue weighted by Gasteiger charge is -2.28. The van der Waals surface area contributed by atoms with E-state index in [9.17, 15) is 9.90 Å². The Morgan fingerprint density at radius 1 is 1.24 bits per heavy atom. The van der Waals surface area contributed by atoms with E-state index in [1.165, 1.54) is 7.11 Å². The van der Waals surface area contributed by atoms with Crippen LogP contribution in [0, 0.1) is 0 Å². The lowest BCUT2D eigenvalue weighted by molar-refractivity contribution is 0.0935. The Balaban J connectivity index is 2.00. The summed E-state index contributed by atoms with van der Waals surface area (Å²) in [7, 11) is 1.44. The molecule has 0 saturated carbocycles. The molecule has 1 atom stereocenters. The number of carbonyl (C=O) groups excluding carboxylic acids is 1. The van der Waals surface area contributed by atoms with E-state index in [0.29, 0.717) is 11.1 Å². The maximum Gasteiger partial charge on any atom is 0.255 e. The van der Waals surface area contributed by atoms with E-state index < -0.39 is 6.17 Å². The summed E-state index contributed by atoms with van der Waals surface area (Å²) in [5.41, 5.74) is 2.03. The minimum Gasteiger partial charge on any atom is -0.503 e. The molecule has 6 heteroatoms. The molecule has 21 heavy (non-hydrogen) atoms. The number of ether oxygens (including phenoxy) is 1. The summed E-state index contributed by atoms with van der Waals surface area (Å²) in [4.78, 5) is 12.1. The first-order valence-electron chi connectivity index (χ1n) is 6.33. The third-order valence-corrected chi connectivity index (χ3v) is 3.64. The molecule has 1 aliphatic rings. The SMILES string of the molecule is COc1cc([C@@H]2NC(=O)c3ccccc3N2)cc(Cl)c1O. The lowest BCUT2D eigenvalue weighted by Crippen LogP contribution is -2.38. The summed E-state index contributed by atoms with van der Waals surface area (Å²) in [5.74, 6) is -0.0321. The van der Waals surface area contributed by atoms with Gasteiger partial charge in [0.15, 0.2) is 11.5 Å². The number of aromatic hydroxyl groups is 1. The van der Waals surface area contributed by atoms with Gasteiger partial charge in [-0.05, 0) is 29.8 Å². The Labute approximate surface area is 126 Å². The quantitative estimate of drug-likeness (QED) is 0.798. The summed E-state index contributed by atoms with van der Waals surface area (Å²) < 4.78 is 5.08. The summed E-state index contributed by atoms with van der Waals surface area (Å²) in [6.45, 7) is 0. The molecule has 1 amide bonds. The molecule has 2 aromatic carbocycles. The van der Waals surface area contributed by atoms with Crippen molar-refractivity contribution < 1.29 is 14.6 Å². The van der Waals surface area contributed by atoms with Crippen LogP contribution >= 0.6 is 11.6 Å². The molecule has 0 fully saturated rings. The molecule has 0 aliphatic carbocycles. The summed E-state index contributed by atoms with van der Waals surface area (Å²) in [6.07, 6.45) is -0.445. The van der Waals surface area contributed by atoms with Gasteiger partial charge in [0.2, 0.25) is 0 Å². The van der Waals surface area contributed by atoms with Gasteiger partial charge in [-0.1, -0.05) is 23.7 Å². The normalized spacial score (nSPS) is 16.7. The summed E-state index contributed by atoms with van der Waals surface area (Å²) >= 11 is 5.98. The largest absolute Gasteiger partial charge is 0.503 e. The maximum atomic E-state index is 12.1. The Hall–Kier alpha value is -2.40. The first-order valence-corrected chi connectivity index (χ1v) is 6.71. The Bertz CT molecular complexity index is 718. The van der Waals surface area contributed by atoms with Crippen LogP contribution in [0.2, 0.25) is 5.02 Å². The van der Waals surface area contributed by atoms with Gasteiger partial charge < -0.3 is 20.5 Å². The summed E-state index contributed by atoms with van der Waals surface area (Å²) in [6, 6.07) is 10.5. The van der Waals surface area contributed by atoms with E-state index in [4.69, 9.17) is 16.3 Å². The van der Waals surface area contributed by atoms with Crippen molar-refractivity contribution in [3.63, 3.8) is 0 Å². The van der Waals surface area contributed by atoms with Gasteiger partial charge in [0.25, 0.3) is 5.91 Å². The van der Waals surface area contributed by atoms with Crippen LogP contribution in [0.1, 0.15) is 22.1 Å². The van der Waals surface area contributed by atoms with Crippen LogP contribution in [0.5, 0.6) is 11.5 Å². The molecule has 108 valence electrons. The minimum absolute atomic E-state index is 0.120. The van der Waals surface area contributed by atoms with Gasteiger partial charge in [0, 0.05) is 5.69 Å². The Kier molecular flexibility index (Phi) is 3.35. The number of phenols is 1. The molecule has 1 heterocycles. The molecular weight excluding hydrogens is 292 g/mol. The van der Waals surface area contributed by atoms with Gasteiger partial charge in [-0.15, -0.1) is 0 Å². The number of benzene rings is 2. The molecule has 1 aliphatic heterocycles. The topological polar surface area (TPSA) is 70.6 Å². The first kappa shape index (κ1) is 13.6. The second-order valence-corrected chi connectivity index (χ2v) is 5.06. The maximum absolute atomic E-state index is 12.1. The van der Waals surface area contributed by atoms with Crippen LogP contribution in [-0.2, 0) is 0 Å². The van der Waals surface area contributed by atoms with Crippen molar-refractivity contribution in [2.24, 2.45) is 0 Å². The highest BCUT2D eigenvalue weighted by atomic mass is 35.5. The number of phenolic OH excluding ortho intramolecular Hbond substituents is 1. The van der Waals surface area contributed by atoms with Gasteiger partial charge in [0.1, 0.15) is 6.17 Å². The van der Waals surface area contributed by atoms with Gasteiger partial charge >= 0.3 is 0 Å². The van der Waals surface area contributed by atoms with Gasteiger partial charge in [-0.3, -0.25) is 4.79 Å². The molecule has 5 nitrogen and oxygen atoms in total. The van der Waals surface area contributed by atoms with Crippen LogP contribution in [0.15, 0.2) is 36.4 Å². The van der Waals surface area contributed by atoms with E-state index in [-0.39, 0.29) is 22.4 Å². The van der Waals surface area contributed by atoms with Gasteiger partial charge in [-0.25, -0.2) is 0 Å². The predicted molar refractivity (Wildman–Crippen MR) is 79.9 cm³/mol. The van der Waals surface area contributed by atoms with Crippen LogP contribution in [0.3, 0.4) is 0 Å². The Morgan fingerprint density at radius 3 is 2.76 bits per heavy atom. The molecule has 2 aromatic rings. The number of para-hydroxylation sites is 1. The smallest absolute Gasteiger partial charge is 0.255 e. The fourth-order valence-corrected chi connectivity index (χ4v) is 2.51. The Morgan fingerprint density at radius 2 is 2.00 bits per heavy atom. The number of hydrogen-bond donors (Lipinski definition) is 3. The molecule has 3 rings (SSSR count).